The van der Waals surface area contributed by atoms with Crippen LogP contribution in [0.3, 0.4) is 0 Å². The summed E-state index contributed by atoms with van der Waals surface area (Å²) in [4.78, 5) is 29.8. The van der Waals surface area contributed by atoms with E-state index in [1.54, 1.807) is 11.8 Å². The van der Waals surface area contributed by atoms with Crippen LogP contribution in [0.5, 0.6) is 5.75 Å². The molecule has 2 amide bonds. The quantitative estimate of drug-likeness (QED) is 0.415. The molecule has 2 bridgehead atoms. The van der Waals surface area contributed by atoms with E-state index in [1.807, 2.05) is 54.4 Å². The van der Waals surface area contributed by atoms with Crippen LogP contribution in [0.15, 0.2) is 78.4 Å². The molecule has 3 aromatic carbocycles. The number of halogens is 2. The molecule has 0 aliphatic carbocycles. The lowest BCUT2D eigenvalue weighted by Gasteiger charge is -2.44. The largest absolute Gasteiger partial charge is 0.490 e. The van der Waals surface area contributed by atoms with Gasteiger partial charge in [-0.2, -0.15) is 0 Å². The number of carbonyl (C=O) groups is 2. The number of rotatable bonds is 9. The SMILES string of the molecule is CC(=O)N1C[C@H]2CC(c3ccc(CCOc4cc(F)ccc4F)cc3)=C(C(=O)N(C)CCc3ccccc3)[C@@H](C1)N2. The third kappa shape index (κ3) is 6.82. The highest BCUT2D eigenvalue weighted by Crippen LogP contribution is 2.34. The topological polar surface area (TPSA) is 61.9 Å². The van der Waals surface area contributed by atoms with Gasteiger partial charge in [-0.05, 0) is 47.2 Å². The first-order valence-electron chi connectivity index (χ1n) is 14.0. The summed E-state index contributed by atoms with van der Waals surface area (Å²) in [5.74, 6) is -1.27. The Labute approximate surface area is 239 Å². The number of hydrogen-bond acceptors (Lipinski definition) is 4. The van der Waals surface area contributed by atoms with Crippen molar-refractivity contribution in [3.63, 3.8) is 0 Å². The molecule has 0 radical (unpaired) electrons. The molecule has 2 aliphatic heterocycles. The summed E-state index contributed by atoms with van der Waals surface area (Å²) in [6.45, 7) is 3.41. The standard InChI is InChI=1S/C33H35F2N3O3/c1-22(39)38-20-27-19-28(25-10-8-24(9-11-25)15-17-41-31-18-26(34)12-13-29(31)35)32(30(21-38)36-27)33(40)37(2)16-14-23-6-4-3-5-7-23/h3-13,18,27,30,36H,14-17,19-21H2,1-2H3/t27-,30-/m1/s1. The normalized spacial score (nSPS) is 18.3. The van der Waals surface area contributed by atoms with E-state index in [2.05, 4.69) is 17.4 Å². The van der Waals surface area contributed by atoms with Crippen LogP contribution in [-0.4, -0.2) is 67.0 Å². The molecule has 2 heterocycles. The van der Waals surface area contributed by atoms with Gasteiger partial charge in [0.1, 0.15) is 5.82 Å². The van der Waals surface area contributed by atoms with Gasteiger partial charge in [-0.15, -0.1) is 0 Å². The molecule has 6 nitrogen and oxygen atoms in total. The van der Waals surface area contributed by atoms with Crippen molar-refractivity contribution in [1.82, 2.24) is 15.1 Å². The van der Waals surface area contributed by atoms with E-state index < -0.39 is 11.6 Å². The van der Waals surface area contributed by atoms with Crippen molar-refractivity contribution in [2.45, 2.75) is 38.3 Å². The molecule has 1 fully saturated rings. The van der Waals surface area contributed by atoms with Gasteiger partial charge in [-0.25, -0.2) is 8.78 Å². The van der Waals surface area contributed by atoms with Gasteiger partial charge < -0.3 is 19.9 Å². The molecule has 2 aliphatic rings. The number of nitrogens with one attached hydrogen (secondary N) is 1. The van der Waals surface area contributed by atoms with Crippen molar-refractivity contribution in [2.75, 3.05) is 33.3 Å². The molecule has 0 aromatic heterocycles. The van der Waals surface area contributed by atoms with Crippen LogP contribution in [0.2, 0.25) is 0 Å². The summed E-state index contributed by atoms with van der Waals surface area (Å²) in [5, 5.41) is 3.59. The summed E-state index contributed by atoms with van der Waals surface area (Å²) in [6.07, 6.45) is 1.90. The van der Waals surface area contributed by atoms with Crippen LogP contribution >= 0.6 is 0 Å². The molecular weight excluding hydrogens is 524 g/mol. The van der Waals surface area contributed by atoms with E-state index in [9.17, 15) is 18.4 Å². The van der Waals surface area contributed by atoms with Gasteiger partial charge >= 0.3 is 0 Å². The van der Waals surface area contributed by atoms with E-state index in [0.717, 1.165) is 41.3 Å². The van der Waals surface area contributed by atoms with Crippen molar-refractivity contribution in [2.24, 2.45) is 0 Å². The van der Waals surface area contributed by atoms with Gasteiger partial charge in [-0.1, -0.05) is 54.6 Å². The lowest BCUT2D eigenvalue weighted by atomic mass is 9.82. The van der Waals surface area contributed by atoms with Crippen molar-refractivity contribution in [3.8, 4) is 5.75 Å². The molecule has 0 spiro atoms. The maximum absolute atomic E-state index is 13.9. The summed E-state index contributed by atoms with van der Waals surface area (Å²) < 4.78 is 32.7. The average molecular weight is 560 g/mol. The minimum atomic E-state index is -0.598. The second-order valence-corrected chi connectivity index (χ2v) is 10.8. The number of nitrogens with zero attached hydrogens (tertiary/aromatic N) is 2. The van der Waals surface area contributed by atoms with Gasteiger partial charge in [0.15, 0.2) is 11.6 Å². The van der Waals surface area contributed by atoms with Gasteiger partial charge in [-0.3, -0.25) is 9.59 Å². The van der Waals surface area contributed by atoms with Gasteiger partial charge in [0.25, 0.3) is 5.91 Å². The van der Waals surface area contributed by atoms with E-state index in [0.29, 0.717) is 38.0 Å². The van der Waals surface area contributed by atoms with Crippen molar-refractivity contribution in [3.05, 3.63) is 107 Å². The Morgan fingerprint density at radius 2 is 1.71 bits per heavy atom. The predicted molar refractivity (Wildman–Crippen MR) is 154 cm³/mol. The molecule has 8 heteroatoms. The Bertz CT molecular complexity index is 1430. The smallest absolute Gasteiger partial charge is 0.251 e. The Hall–Kier alpha value is -4.04. The Morgan fingerprint density at radius 1 is 0.976 bits per heavy atom. The number of carbonyl (C=O) groups excluding carboxylic acids is 2. The number of likely N-dealkylation sites (N-methyl/N-ethyl adjacent to an activating group) is 1. The van der Waals surface area contributed by atoms with Crippen molar-refractivity contribution >= 4 is 17.4 Å². The van der Waals surface area contributed by atoms with Crippen LogP contribution in [0, 0.1) is 11.6 Å². The second-order valence-electron chi connectivity index (χ2n) is 10.8. The lowest BCUT2D eigenvalue weighted by Crippen LogP contribution is -2.61. The van der Waals surface area contributed by atoms with Crippen LogP contribution < -0.4 is 10.1 Å². The highest BCUT2D eigenvalue weighted by atomic mass is 19.1. The predicted octanol–water partition coefficient (Wildman–Crippen LogP) is 4.63. The molecule has 1 N–H and O–H groups in total. The molecule has 0 saturated carbocycles. The fraction of sp³-hybridized carbons (Fsp3) is 0.333. The summed E-state index contributed by atoms with van der Waals surface area (Å²) in [7, 11) is 1.83. The maximum atomic E-state index is 13.9. The Kier molecular flexibility index (Phi) is 8.78. The monoisotopic (exact) mass is 559 g/mol. The zero-order chi connectivity index (χ0) is 28.9. The zero-order valence-electron chi connectivity index (χ0n) is 23.4. The fourth-order valence-corrected chi connectivity index (χ4v) is 5.61. The minimum absolute atomic E-state index is 0.0128. The van der Waals surface area contributed by atoms with Gasteiger partial charge in [0, 0.05) is 57.7 Å². The summed E-state index contributed by atoms with van der Waals surface area (Å²) >= 11 is 0. The number of ether oxygens (including phenoxy) is 1. The summed E-state index contributed by atoms with van der Waals surface area (Å²) in [6, 6.07) is 21.0. The van der Waals surface area contributed by atoms with E-state index >= 15 is 0 Å². The first kappa shape index (κ1) is 28.5. The number of piperazine rings is 1. The van der Waals surface area contributed by atoms with Gasteiger partial charge in [0.05, 0.1) is 12.6 Å². The number of amides is 2. The first-order valence-corrected chi connectivity index (χ1v) is 14.0. The molecule has 41 heavy (non-hydrogen) atoms. The molecule has 5 rings (SSSR count). The van der Waals surface area contributed by atoms with Crippen molar-refractivity contribution < 1.29 is 23.1 Å². The molecule has 3 aromatic rings. The fourth-order valence-electron chi connectivity index (χ4n) is 5.61. The van der Waals surface area contributed by atoms with E-state index in [-0.39, 0.29) is 36.3 Å². The molecule has 0 unspecified atom stereocenters. The first-order chi connectivity index (χ1) is 19.8. The molecule has 214 valence electrons. The summed E-state index contributed by atoms with van der Waals surface area (Å²) in [5.41, 5.74) is 4.83. The Balaban J connectivity index is 1.34. The highest BCUT2D eigenvalue weighted by Gasteiger charge is 2.39. The molecule has 1 saturated heterocycles. The minimum Gasteiger partial charge on any atom is -0.490 e. The third-order valence-corrected chi connectivity index (χ3v) is 7.85. The Morgan fingerprint density at radius 3 is 2.44 bits per heavy atom. The van der Waals surface area contributed by atoms with Gasteiger partial charge in [0.2, 0.25) is 5.91 Å². The number of fused-ring (bicyclic) bond motifs is 2. The number of hydrogen-bond donors (Lipinski definition) is 1. The average Bonchev–Trinajstić information content (AvgIpc) is 2.97. The van der Waals surface area contributed by atoms with Crippen molar-refractivity contribution in [1.29, 1.82) is 0 Å². The van der Waals surface area contributed by atoms with Crippen LogP contribution in [-0.2, 0) is 22.4 Å². The second kappa shape index (κ2) is 12.6. The van der Waals surface area contributed by atoms with Crippen LogP contribution in [0.25, 0.3) is 5.57 Å². The zero-order valence-corrected chi connectivity index (χ0v) is 23.4. The third-order valence-electron chi connectivity index (χ3n) is 7.85. The van der Waals surface area contributed by atoms with Crippen LogP contribution in [0.1, 0.15) is 30.0 Å². The van der Waals surface area contributed by atoms with E-state index in [1.165, 1.54) is 5.56 Å². The maximum Gasteiger partial charge on any atom is 0.251 e. The lowest BCUT2D eigenvalue weighted by molar-refractivity contribution is -0.132. The van der Waals surface area contributed by atoms with Crippen LogP contribution in [0.4, 0.5) is 8.78 Å². The highest BCUT2D eigenvalue weighted by molar-refractivity contribution is 6.03. The van der Waals surface area contributed by atoms with E-state index in [4.69, 9.17) is 4.74 Å². The molecular formula is C33H35F2N3O3. The molecule has 2 atom stereocenters. The number of benzene rings is 3.